The van der Waals surface area contributed by atoms with E-state index >= 15 is 0 Å². The maximum atomic E-state index is 12.4. The fourth-order valence-electron chi connectivity index (χ4n) is 3.43. The highest BCUT2D eigenvalue weighted by Gasteiger charge is 2.38. The van der Waals surface area contributed by atoms with Gasteiger partial charge in [0.2, 0.25) is 5.91 Å². The van der Waals surface area contributed by atoms with Crippen LogP contribution in [0.15, 0.2) is 12.2 Å². The van der Waals surface area contributed by atoms with Gasteiger partial charge in [0, 0.05) is 44.1 Å². The molecule has 2 unspecified atom stereocenters. The number of hydrogen-bond acceptors (Lipinski definition) is 6. The Balaban J connectivity index is 0.00000562. The van der Waals surface area contributed by atoms with Crippen molar-refractivity contribution in [1.29, 1.82) is 0 Å². The molecule has 2 atom stereocenters. The first-order valence-electron chi connectivity index (χ1n) is 12.5. The van der Waals surface area contributed by atoms with Crippen LogP contribution in [0.25, 0.3) is 0 Å². The van der Waals surface area contributed by atoms with Gasteiger partial charge >= 0.3 is 0 Å². The first-order valence-corrected chi connectivity index (χ1v) is 12.5. The van der Waals surface area contributed by atoms with Gasteiger partial charge in [-0.05, 0) is 32.6 Å². The average molecular weight is 499 g/mol. The van der Waals surface area contributed by atoms with Crippen LogP contribution in [0, 0.1) is 11.8 Å². The van der Waals surface area contributed by atoms with Crippen molar-refractivity contribution < 1.29 is 28.9 Å². The molecule has 0 spiro atoms. The predicted octanol–water partition coefficient (Wildman–Crippen LogP) is 2.59. The molecule has 10 nitrogen and oxygen atoms in total. The number of rotatable bonds is 13. The Morgan fingerprint density at radius 3 is 2.26 bits per heavy atom. The lowest BCUT2D eigenvalue weighted by Crippen LogP contribution is -2.42. The minimum atomic E-state index is -0.706. The van der Waals surface area contributed by atoms with Crippen LogP contribution in [0.5, 0.6) is 0 Å². The second-order valence-electron chi connectivity index (χ2n) is 9.50. The molecule has 0 aromatic rings. The van der Waals surface area contributed by atoms with Crippen molar-refractivity contribution in [2.45, 2.75) is 93.3 Å². The van der Waals surface area contributed by atoms with E-state index in [1.54, 1.807) is 9.80 Å². The van der Waals surface area contributed by atoms with E-state index in [4.69, 9.17) is 9.68 Å². The van der Waals surface area contributed by atoms with Crippen LogP contribution in [0.2, 0.25) is 0 Å². The zero-order valence-corrected chi connectivity index (χ0v) is 22.9. The Labute approximate surface area is 210 Å². The van der Waals surface area contributed by atoms with Gasteiger partial charge in [-0.3, -0.25) is 28.9 Å². The van der Waals surface area contributed by atoms with Crippen LogP contribution in [0.4, 0.5) is 0 Å². The summed E-state index contributed by atoms with van der Waals surface area (Å²) in [6.07, 6.45) is 2.15. The van der Waals surface area contributed by atoms with Gasteiger partial charge in [0.25, 0.3) is 17.7 Å². The Hall–Kier alpha value is -2.46. The van der Waals surface area contributed by atoms with Crippen LogP contribution < -0.4 is 11.0 Å². The summed E-state index contributed by atoms with van der Waals surface area (Å²) in [7, 11) is 0. The molecule has 1 aliphatic rings. The summed E-state index contributed by atoms with van der Waals surface area (Å²) in [5.74, 6) is -0.778. The van der Waals surface area contributed by atoms with Gasteiger partial charge in [0.15, 0.2) is 12.7 Å². The molecule has 0 bridgehead atoms. The van der Waals surface area contributed by atoms with E-state index in [2.05, 4.69) is 11.0 Å². The molecule has 1 saturated heterocycles. The second kappa shape index (κ2) is 17.0. The summed E-state index contributed by atoms with van der Waals surface area (Å²) in [4.78, 5) is 62.1. The first kappa shape index (κ1) is 32.5. The molecule has 2 N–H and O–H groups in total. The lowest BCUT2D eigenvalue weighted by molar-refractivity contribution is -0.149. The van der Waals surface area contributed by atoms with E-state index in [-0.39, 0.29) is 36.9 Å². The summed E-state index contributed by atoms with van der Waals surface area (Å²) in [6, 6.07) is 0.0797. The highest BCUT2D eigenvalue weighted by atomic mass is 16.7. The molecule has 35 heavy (non-hydrogen) atoms. The van der Waals surface area contributed by atoms with E-state index in [0.29, 0.717) is 31.3 Å². The molecule has 0 saturated carbocycles. The van der Waals surface area contributed by atoms with Crippen molar-refractivity contribution in [2.24, 2.45) is 11.8 Å². The fraction of sp³-hybridized carbons (Fsp3) is 0.760. The van der Waals surface area contributed by atoms with Crippen molar-refractivity contribution in [1.82, 2.24) is 20.8 Å². The number of amides is 4. The molecule has 0 aliphatic carbocycles. The molecule has 0 aromatic carbocycles. The number of hydroxylamine groups is 2. The third-order valence-electron chi connectivity index (χ3n) is 4.97. The third kappa shape index (κ3) is 12.7. The monoisotopic (exact) mass is 498 g/mol. The number of nitrogens with one attached hydrogen (secondary N) is 2. The predicted molar refractivity (Wildman–Crippen MR) is 135 cm³/mol. The van der Waals surface area contributed by atoms with E-state index in [1.807, 2.05) is 62.3 Å². The third-order valence-corrected chi connectivity index (χ3v) is 4.97. The summed E-state index contributed by atoms with van der Waals surface area (Å²) in [5.41, 5.74) is 4.42. The molecule has 1 heterocycles. The van der Waals surface area contributed by atoms with Gasteiger partial charge in [0.05, 0.1) is 0 Å². The van der Waals surface area contributed by atoms with Gasteiger partial charge < -0.3 is 9.80 Å². The summed E-state index contributed by atoms with van der Waals surface area (Å²) in [5, 5.41) is 0. The molecule has 0 aromatic heterocycles. The van der Waals surface area contributed by atoms with Crippen molar-refractivity contribution in [2.75, 3.05) is 19.7 Å². The molecule has 10 heteroatoms. The van der Waals surface area contributed by atoms with Gasteiger partial charge in [-0.2, -0.15) is 0 Å². The Morgan fingerprint density at radius 1 is 1.09 bits per heavy atom. The molecular formula is C25H46N4O6. The number of carbonyl (C=O) groups is 4. The summed E-state index contributed by atoms with van der Waals surface area (Å²) in [6.45, 7) is 18.9. The number of likely N-dealkylation sites (tertiary alicyclic amines) is 1. The van der Waals surface area contributed by atoms with E-state index in [9.17, 15) is 19.2 Å². The van der Waals surface area contributed by atoms with Crippen LogP contribution in [0.3, 0.4) is 0 Å². The summed E-state index contributed by atoms with van der Waals surface area (Å²) >= 11 is 0. The minimum Gasteiger partial charge on any atom is -0.338 e. The van der Waals surface area contributed by atoms with Gasteiger partial charge in [-0.1, -0.05) is 47.6 Å². The van der Waals surface area contributed by atoms with E-state index in [1.165, 1.54) is 6.08 Å². The maximum Gasteiger partial charge on any atom is 0.267 e. The highest BCUT2D eigenvalue weighted by Crippen LogP contribution is 2.22. The topological polar surface area (TPSA) is 117 Å². The SMILES string of the molecule is CC.CC(C)CN(C(=O)CONC(=O)/C=C/CC(=O)NOC1CC(C)N(CC(C)C)C1=O)C(C)C. The standard InChI is InChI=1S/C23H40N4O6.C2H6/c1-15(2)12-26(17(5)6)22(30)14-32-24-20(28)9-8-10-21(29)25-33-19-11-18(7)27(23(19)31)13-16(3)4;1-2/h8-9,15-19H,10-14H2,1-7H3,(H,24,28)(H,25,29);1-2H3/b9-8+;. The van der Waals surface area contributed by atoms with E-state index < -0.39 is 17.9 Å². The second-order valence-corrected chi connectivity index (χ2v) is 9.50. The summed E-state index contributed by atoms with van der Waals surface area (Å²) < 4.78 is 0. The number of nitrogens with zero attached hydrogens (tertiary/aromatic N) is 2. The molecule has 1 fully saturated rings. The largest absolute Gasteiger partial charge is 0.338 e. The molecule has 4 amide bonds. The van der Waals surface area contributed by atoms with Gasteiger partial charge in [-0.25, -0.2) is 11.0 Å². The molecular weight excluding hydrogens is 452 g/mol. The zero-order chi connectivity index (χ0) is 27.1. The lowest BCUT2D eigenvalue weighted by Gasteiger charge is -2.28. The highest BCUT2D eigenvalue weighted by molar-refractivity contribution is 5.88. The van der Waals surface area contributed by atoms with E-state index in [0.717, 1.165) is 6.08 Å². The van der Waals surface area contributed by atoms with Crippen molar-refractivity contribution in [3.05, 3.63) is 12.2 Å². The minimum absolute atomic E-state index is 0.0286. The van der Waals surface area contributed by atoms with Crippen molar-refractivity contribution in [3.63, 3.8) is 0 Å². The molecule has 1 aliphatic heterocycles. The molecule has 0 radical (unpaired) electrons. The lowest BCUT2D eigenvalue weighted by atomic mass is 10.2. The van der Waals surface area contributed by atoms with Crippen molar-refractivity contribution >= 4 is 23.6 Å². The van der Waals surface area contributed by atoms with Crippen LogP contribution in [0.1, 0.15) is 75.2 Å². The first-order chi connectivity index (χ1) is 16.4. The fourth-order valence-corrected chi connectivity index (χ4v) is 3.43. The Kier molecular flexibility index (Phi) is 15.8. The average Bonchev–Trinajstić information content (AvgIpc) is 3.04. The van der Waals surface area contributed by atoms with Crippen LogP contribution >= 0.6 is 0 Å². The van der Waals surface area contributed by atoms with Gasteiger partial charge in [0.1, 0.15) is 0 Å². The molecule has 202 valence electrons. The number of carbonyl (C=O) groups excluding carboxylic acids is 4. The smallest absolute Gasteiger partial charge is 0.267 e. The Bertz CT molecular complexity index is 708. The Morgan fingerprint density at radius 2 is 1.71 bits per heavy atom. The van der Waals surface area contributed by atoms with Crippen molar-refractivity contribution in [3.8, 4) is 0 Å². The normalized spacial score (nSPS) is 17.7. The zero-order valence-electron chi connectivity index (χ0n) is 22.9. The maximum absolute atomic E-state index is 12.4. The number of hydrogen-bond donors (Lipinski definition) is 2. The molecule has 1 rings (SSSR count). The van der Waals surface area contributed by atoms with Crippen LogP contribution in [-0.2, 0) is 28.9 Å². The quantitative estimate of drug-likeness (QED) is 0.298. The van der Waals surface area contributed by atoms with Crippen LogP contribution in [-0.4, -0.2) is 71.3 Å². The van der Waals surface area contributed by atoms with Gasteiger partial charge in [-0.15, -0.1) is 0 Å².